The summed E-state index contributed by atoms with van der Waals surface area (Å²) in [5.74, 6) is 0. The molecule has 2 aromatic rings. The van der Waals surface area contributed by atoms with Crippen LogP contribution >= 0.6 is 11.3 Å². The number of rotatable bonds is 5. The normalized spacial score (nSPS) is 12.6. The molecule has 1 heterocycles. The molecule has 0 aliphatic carbocycles. The largest absolute Gasteiger partial charge is 0.304 e. The van der Waals surface area contributed by atoms with Crippen LogP contribution in [0.1, 0.15) is 35.5 Å². The monoisotopic (exact) mass is 246 g/mol. The molecule has 0 amide bonds. The van der Waals surface area contributed by atoms with Crippen LogP contribution in [-0.4, -0.2) is 11.5 Å². The summed E-state index contributed by atoms with van der Waals surface area (Å²) >= 11 is 1.71. The summed E-state index contributed by atoms with van der Waals surface area (Å²) in [6.07, 6.45) is 3.01. The molecule has 0 aliphatic rings. The Morgan fingerprint density at radius 2 is 2.18 bits per heavy atom. The van der Waals surface area contributed by atoms with Crippen molar-refractivity contribution in [2.45, 2.75) is 26.3 Å². The van der Waals surface area contributed by atoms with Crippen LogP contribution in [0.2, 0.25) is 0 Å². The molecule has 0 aliphatic heterocycles. The second-order valence-electron chi connectivity index (χ2n) is 4.11. The molecule has 2 rings (SSSR count). The van der Waals surface area contributed by atoms with Crippen molar-refractivity contribution in [3.05, 3.63) is 52.0 Å². The van der Waals surface area contributed by atoms with E-state index < -0.39 is 0 Å². The Morgan fingerprint density at radius 1 is 1.35 bits per heavy atom. The Balaban J connectivity index is 2.30. The number of aryl methyl sites for hydroxylation is 1. The van der Waals surface area contributed by atoms with Gasteiger partial charge in [0.05, 0.1) is 6.04 Å². The van der Waals surface area contributed by atoms with Gasteiger partial charge in [0.15, 0.2) is 0 Å². The van der Waals surface area contributed by atoms with Crippen LogP contribution in [0.3, 0.4) is 0 Å². The topological polar surface area (TPSA) is 24.9 Å². The van der Waals surface area contributed by atoms with Crippen molar-refractivity contribution in [2.24, 2.45) is 0 Å². The summed E-state index contributed by atoms with van der Waals surface area (Å²) in [6, 6.07) is 8.75. The third-order valence-corrected chi connectivity index (χ3v) is 3.64. The van der Waals surface area contributed by atoms with E-state index in [0.717, 1.165) is 18.0 Å². The van der Waals surface area contributed by atoms with Gasteiger partial charge in [-0.05, 0) is 31.0 Å². The van der Waals surface area contributed by atoms with Crippen LogP contribution in [0.4, 0.5) is 0 Å². The van der Waals surface area contributed by atoms with Gasteiger partial charge in [0, 0.05) is 11.6 Å². The molecule has 0 fully saturated rings. The van der Waals surface area contributed by atoms with Gasteiger partial charge in [-0.2, -0.15) is 0 Å². The Labute approximate surface area is 107 Å². The van der Waals surface area contributed by atoms with Crippen LogP contribution in [-0.2, 0) is 0 Å². The molecule has 0 radical (unpaired) electrons. The van der Waals surface area contributed by atoms with Crippen molar-refractivity contribution >= 4 is 11.3 Å². The first-order valence-electron chi connectivity index (χ1n) is 6.01. The van der Waals surface area contributed by atoms with Gasteiger partial charge < -0.3 is 5.32 Å². The minimum absolute atomic E-state index is 0.233. The minimum Gasteiger partial charge on any atom is -0.304 e. The van der Waals surface area contributed by atoms with Crippen molar-refractivity contribution in [1.82, 2.24) is 10.3 Å². The average molecular weight is 246 g/mol. The van der Waals surface area contributed by atoms with Crippen molar-refractivity contribution in [2.75, 3.05) is 6.54 Å². The molecule has 0 saturated heterocycles. The maximum absolute atomic E-state index is 4.44. The van der Waals surface area contributed by atoms with Crippen molar-refractivity contribution in [3.63, 3.8) is 0 Å². The fraction of sp³-hybridized carbons (Fsp3) is 0.357. The van der Waals surface area contributed by atoms with Gasteiger partial charge in [-0.1, -0.05) is 31.2 Å². The maximum atomic E-state index is 4.44. The molecule has 1 N–H and O–H groups in total. The molecule has 1 unspecified atom stereocenters. The second-order valence-corrected chi connectivity index (χ2v) is 5.04. The molecule has 3 heteroatoms. The van der Waals surface area contributed by atoms with Crippen LogP contribution in [0.15, 0.2) is 35.8 Å². The van der Waals surface area contributed by atoms with E-state index in [1.807, 2.05) is 11.6 Å². The third kappa shape index (κ3) is 2.93. The predicted molar refractivity (Wildman–Crippen MR) is 73.4 cm³/mol. The van der Waals surface area contributed by atoms with Crippen LogP contribution in [0.5, 0.6) is 0 Å². The average Bonchev–Trinajstić information content (AvgIpc) is 2.85. The standard InChI is InChI=1S/C14H18N2S/c1-3-8-15-13(14-16-9-10-17-14)12-7-5-4-6-11(12)2/h4-7,9-10,13,15H,3,8H2,1-2H3. The molecule has 2 nitrogen and oxygen atoms in total. The van der Waals surface area contributed by atoms with E-state index in [2.05, 4.69) is 48.4 Å². The maximum Gasteiger partial charge on any atom is 0.114 e. The first kappa shape index (κ1) is 12.3. The fourth-order valence-corrected chi connectivity index (χ4v) is 2.64. The summed E-state index contributed by atoms with van der Waals surface area (Å²) in [5, 5.41) is 6.76. The van der Waals surface area contributed by atoms with Gasteiger partial charge in [-0.15, -0.1) is 11.3 Å². The highest BCUT2D eigenvalue weighted by atomic mass is 32.1. The summed E-state index contributed by atoms with van der Waals surface area (Å²) in [5.41, 5.74) is 2.65. The van der Waals surface area contributed by atoms with E-state index >= 15 is 0 Å². The molecule has 1 aromatic carbocycles. The molecule has 0 bridgehead atoms. The molecule has 90 valence electrons. The lowest BCUT2D eigenvalue weighted by Crippen LogP contribution is -2.23. The smallest absolute Gasteiger partial charge is 0.114 e. The SMILES string of the molecule is CCCNC(c1nccs1)c1ccccc1C. The van der Waals surface area contributed by atoms with Gasteiger partial charge in [0.1, 0.15) is 5.01 Å². The van der Waals surface area contributed by atoms with E-state index in [-0.39, 0.29) is 6.04 Å². The van der Waals surface area contributed by atoms with Gasteiger partial charge in [-0.3, -0.25) is 0 Å². The van der Waals surface area contributed by atoms with Crippen LogP contribution in [0, 0.1) is 6.92 Å². The highest BCUT2D eigenvalue weighted by Crippen LogP contribution is 2.26. The molecule has 1 aromatic heterocycles. The van der Waals surface area contributed by atoms with Gasteiger partial charge in [0.2, 0.25) is 0 Å². The minimum atomic E-state index is 0.233. The lowest BCUT2D eigenvalue weighted by molar-refractivity contribution is 0.593. The number of thiazole rings is 1. The number of hydrogen-bond acceptors (Lipinski definition) is 3. The Hall–Kier alpha value is -1.19. The van der Waals surface area contributed by atoms with E-state index in [0.29, 0.717) is 0 Å². The molecule has 17 heavy (non-hydrogen) atoms. The first-order chi connectivity index (χ1) is 8.33. The lowest BCUT2D eigenvalue weighted by Gasteiger charge is -2.18. The molecular weight excluding hydrogens is 228 g/mol. The van der Waals surface area contributed by atoms with Crippen molar-refractivity contribution < 1.29 is 0 Å². The van der Waals surface area contributed by atoms with E-state index in [4.69, 9.17) is 0 Å². The number of benzene rings is 1. The summed E-state index contributed by atoms with van der Waals surface area (Å²) in [7, 11) is 0. The summed E-state index contributed by atoms with van der Waals surface area (Å²) in [6.45, 7) is 5.35. The molecular formula is C14H18N2S. The van der Waals surface area contributed by atoms with Crippen LogP contribution < -0.4 is 5.32 Å². The van der Waals surface area contributed by atoms with Gasteiger partial charge >= 0.3 is 0 Å². The predicted octanol–water partition coefficient (Wildman–Crippen LogP) is 3.54. The Bertz CT molecular complexity index is 451. The summed E-state index contributed by atoms with van der Waals surface area (Å²) in [4.78, 5) is 4.44. The number of aromatic nitrogens is 1. The Kier molecular flexibility index (Phi) is 4.29. The number of nitrogens with zero attached hydrogens (tertiary/aromatic N) is 1. The Morgan fingerprint density at radius 3 is 2.82 bits per heavy atom. The molecule has 0 spiro atoms. The van der Waals surface area contributed by atoms with E-state index in [1.165, 1.54) is 11.1 Å². The zero-order valence-electron chi connectivity index (χ0n) is 10.3. The fourth-order valence-electron chi connectivity index (χ4n) is 1.91. The number of hydrogen-bond donors (Lipinski definition) is 1. The van der Waals surface area contributed by atoms with Gasteiger partial charge in [0.25, 0.3) is 0 Å². The van der Waals surface area contributed by atoms with E-state index in [9.17, 15) is 0 Å². The number of nitrogens with one attached hydrogen (secondary N) is 1. The lowest BCUT2D eigenvalue weighted by atomic mass is 10.0. The molecule has 1 atom stereocenters. The zero-order valence-corrected chi connectivity index (χ0v) is 11.1. The quantitative estimate of drug-likeness (QED) is 0.873. The highest BCUT2D eigenvalue weighted by molar-refractivity contribution is 7.09. The van der Waals surface area contributed by atoms with E-state index in [1.54, 1.807) is 11.3 Å². The van der Waals surface area contributed by atoms with Crippen LogP contribution in [0.25, 0.3) is 0 Å². The summed E-state index contributed by atoms with van der Waals surface area (Å²) < 4.78 is 0. The first-order valence-corrected chi connectivity index (χ1v) is 6.89. The second kappa shape index (κ2) is 5.94. The van der Waals surface area contributed by atoms with Crippen molar-refractivity contribution in [3.8, 4) is 0 Å². The zero-order chi connectivity index (χ0) is 12.1. The van der Waals surface area contributed by atoms with Gasteiger partial charge in [-0.25, -0.2) is 4.98 Å². The highest BCUT2D eigenvalue weighted by Gasteiger charge is 2.16. The third-order valence-electron chi connectivity index (χ3n) is 2.80. The molecule has 0 saturated carbocycles. The van der Waals surface area contributed by atoms with Crippen molar-refractivity contribution in [1.29, 1.82) is 0 Å².